The van der Waals surface area contributed by atoms with Crippen LogP contribution in [0.3, 0.4) is 0 Å². The molecule has 1 aliphatic rings. The van der Waals surface area contributed by atoms with E-state index in [1.54, 1.807) is 0 Å². The van der Waals surface area contributed by atoms with Crippen molar-refractivity contribution in [3.8, 4) is 0 Å². The van der Waals surface area contributed by atoms with E-state index in [2.05, 4.69) is 30.6 Å². The Kier molecular flexibility index (Phi) is 5.69. The van der Waals surface area contributed by atoms with Crippen molar-refractivity contribution in [2.45, 2.75) is 40.0 Å². The molecular formula is C14H26N2O. The SMILES string of the molecule is C/C=C/CCNC(=O)C(C)(C)C1CCCNC1. The Hall–Kier alpha value is -0.830. The van der Waals surface area contributed by atoms with Crippen LogP contribution in [0.1, 0.15) is 40.0 Å². The highest BCUT2D eigenvalue weighted by Gasteiger charge is 2.36. The van der Waals surface area contributed by atoms with E-state index in [4.69, 9.17) is 0 Å². The molecule has 0 aliphatic carbocycles. The van der Waals surface area contributed by atoms with Gasteiger partial charge >= 0.3 is 0 Å². The fourth-order valence-electron chi connectivity index (χ4n) is 2.32. The molecule has 98 valence electrons. The Morgan fingerprint density at radius 2 is 2.29 bits per heavy atom. The van der Waals surface area contributed by atoms with Crippen molar-refractivity contribution < 1.29 is 4.79 Å². The zero-order chi connectivity index (χ0) is 12.7. The van der Waals surface area contributed by atoms with Crippen LogP contribution in [0.15, 0.2) is 12.2 Å². The average molecular weight is 238 g/mol. The lowest BCUT2D eigenvalue weighted by Crippen LogP contribution is -2.47. The van der Waals surface area contributed by atoms with E-state index in [-0.39, 0.29) is 11.3 Å². The van der Waals surface area contributed by atoms with Crippen LogP contribution in [-0.2, 0) is 4.79 Å². The Labute approximate surface area is 105 Å². The number of piperidine rings is 1. The molecule has 1 saturated heterocycles. The van der Waals surface area contributed by atoms with Gasteiger partial charge in [-0.05, 0) is 45.2 Å². The van der Waals surface area contributed by atoms with E-state index >= 15 is 0 Å². The van der Waals surface area contributed by atoms with Crippen LogP contribution in [0.4, 0.5) is 0 Å². The van der Waals surface area contributed by atoms with Crippen molar-refractivity contribution in [1.82, 2.24) is 10.6 Å². The fourth-order valence-corrected chi connectivity index (χ4v) is 2.32. The molecule has 1 heterocycles. The lowest BCUT2D eigenvalue weighted by Gasteiger charge is -2.36. The predicted octanol–water partition coefficient (Wildman–Crippen LogP) is 2.09. The first-order valence-electron chi connectivity index (χ1n) is 6.69. The first kappa shape index (κ1) is 14.2. The van der Waals surface area contributed by atoms with Gasteiger partial charge in [-0.25, -0.2) is 0 Å². The van der Waals surface area contributed by atoms with Crippen LogP contribution < -0.4 is 10.6 Å². The number of nitrogens with one attached hydrogen (secondary N) is 2. The number of carbonyl (C=O) groups excluding carboxylic acids is 1. The van der Waals surface area contributed by atoms with Crippen molar-refractivity contribution in [2.24, 2.45) is 11.3 Å². The van der Waals surface area contributed by atoms with Gasteiger partial charge in [0, 0.05) is 12.0 Å². The summed E-state index contributed by atoms with van der Waals surface area (Å²) in [7, 11) is 0. The number of carbonyl (C=O) groups is 1. The molecule has 1 fully saturated rings. The number of allylic oxidation sites excluding steroid dienone is 1. The molecule has 0 aromatic carbocycles. The number of amides is 1. The van der Waals surface area contributed by atoms with Crippen LogP contribution in [0.2, 0.25) is 0 Å². The van der Waals surface area contributed by atoms with Gasteiger partial charge < -0.3 is 10.6 Å². The highest BCUT2D eigenvalue weighted by atomic mass is 16.2. The highest BCUT2D eigenvalue weighted by Crippen LogP contribution is 2.31. The second-order valence-corrected chi connectivity index (χ2v) is 5.38. The zero-order valence-electron chi connectivity index (χ0n) is 11.4. The molecule has 1 rings (SSSR count). The minimum atomic E-state index is -0.261. The molecule has 0 bridgehead atoms. The quantitative estimate of drug-likeness (QED) is 0.569. The standard InChI is InChI=1S/C14H26N2O/c1-4-5-6-10-16-13(17)14(2,3)12-8-7-9-15-11-12/h4-5,12,15H,6-11H2,1-3H3,(H,16,17)/b5-4+. The van der Waals surface area contributed by atoms with Gasteiger partial charge in [-0.15, -0.1) is 0 Å². The molecule has 0 aromatic heterocycles. The number of rotatable bonds is 5. The molecule has 1 aliphatic heterocycles. The summed E-state index contributed by atoms with van der Waals surface area (Å²) in [6.07, 6.45) is 7.35. The van der Waals surface area contributed by atoms with E-state index in [0.29, 0.717) is 5.92 Å². The Morgan fingerprint density at radius 1 is 1.53 bits per heavy atom. The summed E-state index contributed by atoms with van der Waals surface area (Å²) in [5.74, 6) is 0.647. The van der Waals surface area contributed by atoms with Gasteiger partial charge in [0.25, 0.3) is 0 Å². The number of hydrogen-bond donors (Lipinski definition) is 2. The average Bonchev–Trinajstić information content (AvgIpc) is 2.35. The lowest BCUT2D eigenvalue weighted by molar-refractivity contribution is -0.132. The van der Waals surface area contributed by atoms with Crippen molar-refractivity contribution in [1.29, 1.82) is 0 Å². The second-order valence-electron chi connectivity index (χ2n) is 5.38. The Morgan fingerprint density at radius 3 is 2.88 bits per heavy atom. The summed E-state index contributed by atoms with van der Waals surface area (Å²) in [6.45, 7) is 8.93. The molecule has 0 aromatic rings. The smallest absolute Gasteiger partial charge is 0.225 e. The third-order valence-corrected chi connectivity index (χ3v) is 3.73. The highest BCUT2D eigenvalue weighted by molar-refractivity contribution is 5.82. The third-order valence-electron chi connectivity index (χ3n) is 3.73. The van der Waals surface area contributed by atoms with Gasteiger partial charge in [-0.3, -0.25) is 4.79 Å². The van der Waals surface area contributed by atoms with Crippen LogP contribution in [-0.4, -0.2) is 25.5 Å². The molecule has 17 heavy (non-hydrogen) atoms. The van der Waals surface area contributed by atoms with E-state index in [9.17, 15) is 4.79 Å². The van der Waals surface area contributed by atoms with Gasteiger partial charge in [0.2, 0.25) is 5.91 Å². The van der Waals surface area contributed by atoms with Gasteiger partial charge in [0.1, 0.15) is 0 Å². The summed E-state index contributed by atoms with van der Waals surface area (Å²) >= 11 is 0. The summed E-state index contributed by atoms with van der Waals surface area (Å²) in [5.41, 5.74) is -0.261. The van der Waals surface area contributed by atoms with Gasteiger partial charge in [-0.1, -0.05) is 26.0 Å². The number of hydrogen-bond acceptors (Lipinski definition) is 2. The topological polar surface area (TPSA) is 41.1 Å². The monoisotopic (exact) mass is 238 g/mol. The maximum Gasteiger partial charge on any atom is 0.225 e. The van der Waals surface area contributed by atoms with E-state index in [1.807, 2.05) is 13.0 Å². The minimum Gasteiger partial charge on any atom is -0.355 e. The first-order valence-corrected chi connectivity index (χ1v) is 6.69. The van der Waals surface area contributed by atoms with Crippen molar-refractivity contribution in [3.63, 3.8) is 0 Å². The van der Waals surface area contributed by atoms with Crippen LogP contribution >= 0.6 is 0 Å². The van der Waals surface area contributed by atoms with Gasteiger partial charge in [0.05, 0.1) is 0 Å². The van der Waals surface area contributed by atoms with Crippen LogP contribution in [0, 0.1) is 11.3 Å². The lowest BCUT2D eigenvalue weighted by atomic mass is 9.74. The summed E-state index contributed by atoms with van der Waals surface area (Å²) in [6, 6.07) is 0. The molecule has 0 radical (unpaired) electrons. The summed E-state index contributed by atoms with van der Waals surface area (Å²) < 4.78 is 0. The fraction of sp³-hybridized carbons (Fsp3) is 0.786. The summed E-state index contributed by atoms with van der Waals surface area (Å²) in [5, 5.41) is 6.42. The Balaban J connectivity index is 2.41. The maximum atomic E-state index is 12.2. The normalized spacial score (nSPS) is 21.7. The molecule has 1 unspecified atom stereocenters. The molecule has 1 amide bonds. The van der Waals surface area contributed by atoms with E-state index < -0.39 is 0 Å². The molecule has 2 N–H and O–H groups in total. The predicted molar refractivity (Wildman–Crippen MR) is 71.8 cm³/mol. The maximum absolute atomic E-state index is 12.2. The van der Waals surface area contributed by atoms with Crippen LogP contribution in [0.5, 0.6) is 0 Å². The molecule has 0 saturated carbocycles. The van der Waals surface area contributed by atoms with Gasteiger partial charge in [0.15, 0.2) is 0 Å². The molecular weight excluding hydrogens is 212 g/mol. The van der Waals surface area contributed by atoms with E-state index in [0.717, 1.165) is 32.5 Å². The second kappa shape index (κ2) is 6.80. The van der Waals surface area contributed by atoms with Gasteiger partial charge in [-0.2, -0.15) is 0 Å². The van der Waals surface area contributed by atoms with E-state index in [1.165, 1.54) is 6.42 Å². The molecule has 1 atom stereocenters. The van der Waals surface area contributed by atoms with Crippen molar-refractivity contribution >= 4 is 5.91 Å². The Bertz CT molecular complexity index is 265. The first-order chi connectivity index (χ1) is 8.09. The minimum absolute atomic E-state index is 0.190. The van der Waals surface area contributed by atoms with Crippen molar-refractivity contribution in [2.75, 3.05) is 19.6 Å². The van der Waals surface area contributed by atoms with Crippen molar-refractivity contribution in [3.05, 3.63) is 12.2 Å². The largest absolute Gasteiger partial charge is 0.355 e. The molecule has 3 heteroatoms. The summed E-state index contributed by atoms with van der Waals surface area (Å²) in [4.78, 5) is 12.2. The van der Waals surface area contributed by atoms with Crippen LogP contribution in [0.25, 0.3) is 0 Å². The third kappa shape index (κ3) is 4.15. The zero-order valence-corrected chi connectivity index (χ0v) is 11.4. The molecule has 3 nitrogen and oxygen atoms in total. The molecule has 0 spiro atoms.